The number of rotatable bonds is 4. The van der Waals surface area contributed by atoms with Crippen LogP contribution in [-0.2, 0) is 4.79 Å². The third kappa shape index (κ3) is 3.62. The van der Waals surface area contributed by atoms with Crippen LogP contribution in [0.3, 0.4) is 0 Å². The van der Waals surface area contributed by atoms with E-state index < -0.39 is 0 Å². The van der Waals surface area contributed by atoms with Crippen LogP contribution >= 0.6 is 24.0 Å². The van der Waals surface area contributed by atoms with Crippen molar-refractivity contribution >= 4 is 46.0 Å². The lowest BCUT2D eigenvalue weighted by Crippen LogP contribution is -2.27. The number of hydrogen-bond acceptors (Lipinski definition) is 6. The molecule has 0 spiro atoms. The molecule has 1 saturated heterocycles. The Hall–Kier alpha value is -2.51. The lowest BCUT2D eigenvalue weighted by Gasteiger charge is -2.14. The molecule has 1 fully saturated rings. The van der Waals surface area contributed by atoms with E-state index in [9.17, 15) is 15.0 Å². The molecule has 25 heavy (non-hydrogen) atoms. The van der Waals surface area contributed by atoms with Crippen LogP contribution in [0.25, 0.3) is 6.08 Å². The first-order valence-corrected chi connectivity index (χ1v) is 8.75. The van der Waals surface area contributed by atoms with Crippen LogP contribution in [0.5, 0.6) is 17.2 Å². The molecule has 1 amide bonds. The number of phenolic OH excluding ortho intramolecular Hbond substituents is 2. The minimum absolute atomic E-state index is 0.0515. The van der Waals surface area contributed by atoms with Gasteiger partial charge in [-0.15, -0.1) is 0 Å². The van der Waals surface area contributed by atoms with Gasteiger partial charge in [0.25, 0.3) is 5.91 Å². The fourth-order valence-electron chi connectivity index (χ4n) is 2.34. The standard InChI is InChI=1S/C18H15NO4S2/c1-2-23-15-9-11(3-8-14(15)21)10-16-17(22)19(18(24)25-16)12-4-6-13(20)7-5-12/h3-10,20-21H,2H2,1H3. The van der Waals surface area contributed by atoms with Gasteiger partial charge in [-0.1, -0.05) is 30.0 Å². The molecule has 3 rings (SSSR count). The van der Waals surface area contributed by atoms with Crippen molar-refractivity contribution in [2.45, 2.75) is 6.92 Å². The van der Waals surface area contributed by atoms with Gasteiger partial charge in [-0.05, 0) is 55.0 Å². The summed E-state index contributed by atoms with van der Waals surface area (Å²) in [5.74, 6) is 0.310. The molecular weight excluding hydrogens is 358 g/mol. The number of nitrogens with zero attached hydrogens (tertiary/aromatic N) is 1. The summed E-state index contributed by atoms with van der Waals surface area (Å²) < 4.78 is 5.78. The van der Waals surface area contributed by atoms with Gasteiger partial charge in [0.2, 0.25) is 0 Å². The highest BCUT2D eigenvalue weighted by Crippen LogP contribution is 2.37. The molecule has 0 saturated carbocycles. The summed E-state index contributed by atoms with van der Waals surface area (Å²) in [6.07, 6.45) is 1.71. The van der Waals surface area contributed by atoms with Crippen molar-refractivity contribution in [3.63, 3.8) is 0 Å². The molecule has 128 valence electrons. The molecule has 0 aromatic heterocycles. The van der Waals surface area contributed by atoms with Gasteiger partial charge in [-0.25, -0.2) is 0 Å². The topological polar surface area (TPSA) is 70.0 Å². The number of carbonyl (C=O) groups is 1. The lowest BCUT2D eigenvalue weighted by molar-refractivity contribution is -0.113. The van der Waals surface area contributed by atoms with Gasteiger partial charge in [0.05, 0.1) is 17.2 Å². The Morgan fingerprint density at radius 2 is 1.92 bits per heavy atom. The average Bonchev–Trinajstić information content (AvgIpc) is 2.86. The van der Waals surface area contributed by atoms with E-state index in [0.29, 0.717) is 27.3 Å². The molecular formula is C18H15NO4S2. The maximum absolute atomic E-state index is 12.7. The van der Waals surface area contributed by atoms with E-state index in [4.69, 9.17) is 17.0 Å². The summed E-state index contributed by atoms with van der Waals surface area (Å²) in [5, 5.41) is 19.2. The zero-order valence-electron chi connectivity index (χ0n) is 13.3. The number of anilines is 1. The monoisotopic (exact) mass is 373 g/mol. The molecule has 5 nitrogen and oxygen atoms in total. The van der Waals surface area contributed by atoms with Crippen LogP contribution < -0.4 is 9.64 Å². The molecule has 2 N–H and O–H groups in total. The van der Waals surface area contributed by atoms with Gasteiger partial charge < -0.3 is 14.9 Å². The number of amides is 1. The molecule has 1 heterocycles. The Kier molecular flexibility index (Phi) is 4.96. The number of aromatic hydroxyl groups is 2. The van der Waals surface area contributed by atoms with Crippen molar-refractivity contribution in [1.82, 2.24) is 0 Å². The second-order valence-corrected chi connectivity index (χ2v) is 6.87. The summed E-state index contributed by atoms with van der Waals surface area (Å²) in [4.78, 5) is 14.6. The highest BCUT2D eigenvalue weighted by molar-refractivity contribution is 8.27. The molecule has 2 aromatic rings. The first kappa shape index (κ1) is 17.3. The first-order valence-electron chi connectivity index (χ1n) is 7.52. The summed E-state index contributed by atoms with van der Waals surface area (Å²) in [7, 11) is 0. The highest BCUT2D eigenvalue weighted by atomic mass is 32.2. The number of thioether (sulfide) groups is 1. The Labute approximate surface area is 154 Å². The fourth-order valence-corrected chi connectivity index (χ4v) is 3.63. The molecule has 1 aliphatic rings. The normalized spacial score (nSPS) is 15.9. The summed E-state index contributed by atoms with van der Waals surface area (Å²) in [5.41, 5.74) is 1.33. The average molecular weight is 373 g/mol. The zero-order valence-corrected chi connectivity index (χ0v) is 14.9. The third-order valence-corrected chi connectivity index (χ3v) is 4.79. The quantitative estimate of drug-likeness (QED) is 0.626. The highest BCUT2D eigenvalue weighted by Gasteiger charge is 2.33. The second-order valence-electron chi connectivity index (χ2n) is 5.19. The summed E-state index contributed by atoms with van der Waals surface area (Å²) in [6.45, 7) is 2.26. The van der Waals surface area contributed by atoms with Crippen molar-refractivity contribution in [1.29, 1.82) is 0 Å². The number of benzene rings is 2. The molecule has 1 aliphatic heterocycles. The largest absolute Gasteiger partial charge is 0.508 e. The molecule has 0 radical (unpaired) electrons. The first-order chi connectivity index (χ1) is 12.0. The molecule has 0 bridgehead atoms. The molecule has 2 aromatic carbocycles. The molecule has 7 heteroatoms. The van der Waals surface area contributed by atoms with Crippen molar-refractivity contribution in [2.24, 2.45) is 0 Å². The van der Waals surface area contributed by atoms with E-state index in [0.717, 1.165) is 5.56 Å². The molecule has 0 atom stereocenters. The zero-order chi connectivity index (χ0) is 18.0. The van der Waals surface area contributed by atoms with E-state index in [1.807, 2.05) is 6.92 Å². The van der Waals surface area contributed by atoms with E-state index in [1.165, 1.54) is 34.9 Å². The van der Waals surface area contributed by atoms with Crippen molar-refractivity contribution < 1.29 is 19.7 Å². The van der Waals surface area contributed by atoms with Gasteiger partial charge in [-0.3, -0.25) is 9.69 Å². The van der Waals surface area contributed by atoms with Gasteiger partial charge in [0.15, 0.2) is 15.8 Å². The number of thiocarbonyl (C=S) groups is 1. The van der Waals surface area contributed by atoms with E-state index >= 15 is 0 Å². The van der Waals surface area contributed by atoms with Crippen molar-refractivity contribution in [2.75, 3.05) is 11.5 Å². The van der Waals surface area contributed by atoms with Crippen LogP contribution in [0.2, 0.25) is 0 Å². The number of hydrogen-bond donors (Lipinski definition) is 2. The third-order valence-electron chi connectivity index (χ3n) is 3.48. The maximum Gasteiger partial charge on any atom is 0.270 e. The Bertz CT molecular complexity index is 862. The van der Waals surface area contributed by atoms with Gasteiger partial charge in [0, 0.05) is 0 Å². The minimum Gasteiger partial charge on any atom is -0.508 e. The van der Waals surface area contributed by atoms with Crippen LogP contribution in [0.4, 0.5) is 5.69 Å². The smallest absolute Gasteiger partial charge is 0.270 e. The van der Waals surface area contributed by atoms with Gasteiger partial charge >= 0.3 is 0 Å². The molecule has 0 aliphatic carbocycles. The predicted molar refractivity (Wildman–Crippen MR) is 103 cm³/mol. The fraction of sp³-hybridized carbons (Fsp3) is 0.111. The Morgan fingerprint density at radius 1 is 1.20 bits per heavy atom. The van der Waals surface area contributed by atoms with Crippen LogP contribution in [0.15, 0.2) is 47.4 Å². The number of carbonyl (C=O) groups excluding carboxylic acids is 1. The van der Waals surface area contributed by atoms with Crippen LogP contribution in [0.1, 0.15) is 12.5 Å². The van der Waals surface area contributed by atoms with Gasteiger partial charge in [-0.2, -0.15) is 0 Å². The number of phenols is 2. The second kappa shape index (κ2) is 7.16. The molecule has 0 unspecified atom stereocenters. The van der Waals surface area contributed by atoms with Gasteiger partial charge in [0.1, 0.15) is 5.75 Å². The van der Waals surface area contributed by atoms with E-state index in [2.05, 4.69) is 0 Å². The van der Waals surface area contributed by atoms with E-state index in [-0.39, 0.29) is 17.4 Å². The lowest BCUT2D eigenvalue weighted by atomic mass is 10.2. The van der Waals surface area contributed by atoms with Crippen LogP contribution in [-0.4, -0.2) is 27.0 Å². The minimum atomic E-state index is -0.230. The Morgan fingerprint density at radius 3 is 2.60 bits per heavy atom. The van der Waals surface area contributed by atoms with Crippen molar-refractivity contribution in [3.05, 3.63) is 52.9 Å². The number of ether oxygens (including phenoxy) is 1. The van der Waals surface area contributed by atoms with Crippen molar-refractivity contribution in [3.8, 4) is 17.2 Å². The SMILES string of the molecule is CCOc1cc(C=C2SC(=S)N(c3ccc(O)cc3)C2=O)ccc1O. The summed E-state index contributed by atoms with van der Waals surface area (Å²) >= 11 is 6.52. The van der Waals surface area contributed by atoms with E-state index in [1.54, 1.807) is 30.3 Å². The Balaban J connectivity index is 1.90. The van der Waals surface area contributed by atoms with Crippen LogP contribution in [0, 0.1) is 0 Å². The summed E-state index contributed by atoms with van der Waals surface area (Å²) in [6, 6.07) is 11.2. The predicted octanol–water partition coefficient (Wildman–Crippen LogP) is 3.90. The maximum atomic E-state index is 12.7.